The van der Waals surface area contributed by atoms with Crippen molar-refractivity contribution in [1.82, 2.24) is 9.97 Å². The molecule has 1 fully saturated rings. The van der Waals surface area contributed by atoms with E-state index >= 15 is 0 Å². The summed E-state index contributed by atoms with van der Waals surface area (Å²) in [5, 5.41) is 1.35. The van der Waals surface area contributed by atoms with Crippen LogP contribution in [0.5, 0.6) is 0 Å². The van der Waals surface area contributed by atoms with Gasteiger partial charge in [-0.1, -0.05) is 20.3 Å². The molecule has 2 aromatic rings. The molecule has 0 radical (unpaired) electrons. The number of rotatable bonds is 4. The van der Waals surface area contributed by atoms with E-state index in [2.05, 4.69) is 18.7 Å². The van der Waals surface area contributed by atoms with E-state index in [1.807, 2.05) is 11.3 Å². The average Bonchev–Trinajstić information content (AvgIpc) is 2.97. The molecule has 0 aromatic carbocycles. The van der Waals surface area contributed by atoms with Crippen molar-refractivity contribution in [3.63, 3.8) is 0 Å². The van der Waals surface area contributed by atoms with E-state index in [0.29, 0.717) is 0 Å². The summed E-state index contributed by atoms with van der Waals surface area (Å²) in [7, 11) is 0. The number of hydrogen-bond donors (Lipinski definition) is 0. The molecule has 5 heteroatoms. The van der Waals surface area contributed by atoms with E-state index in [1.54, 1.807) is 4.88 Å². The molecule has 1 saturated heterocycles. The van der Waals surface area contributed by atoms with Crippen LogP contribution < -0.4 is 4.90 Å². The molecule has 2 aliphatic rings. The highest BCUT2D eigenvalue weighted by molar-refractivity contribution is 7.19. The number of nitrogens with zero attached hydrogens (tertiary/aromatic N) is 3. The summed E-state index contributed by atoms with van der Waals surface area (Å²) < 4.78 is 5.55. The van der Waals surface area contributed by atoms with Gasteiger partial charge < -0.3 is 9.64 Å². The van der Waals surface area contributed by atoms with Gasteiger partial charge in [0.1, 0.15) is 16.5 Å². The number of morpholine rings is 1. The molecule has 4 rings (SSSR count). The third kappa shape index (κ3) is 3.04. The first kappa shape index (κ1) is 16.3. The molecule has 130 valence electrons. The van der Waals surface area contributed by atoms with Crippen LogP contribution in [0.2, 0.25) is 0 Å². The van der Waals surface area contributed by atoms with Gasteiger partial charge in [0.15, 0.2) is 0 Å². The van der Waals surface area contributed by atoms with Gasteiger partial charge in [-0.25, -0.2) is 9.97 Å². The van der Waals surface area contributed by atoms with Crippen molar-refractivity contribution in [2.24, 2.45) is 5.92 Å². The third-order valence-electron chi connectivity index (χ3n) is 5.25. The molecule has 0 spiro atoms. The zero-order valence-electron chi connectivity index (χ0n) is 14.8. The molecule has 1 aliphatic carbocycles. The molecule has 0 bridgehead atoms. The van der Waals surface area contributed by atoms with Crippen LogP contribution in [0.4, 0.5) is 5.82 Å². The molecule has 24 heavy (non-hydrogen) atoms. The van der Waals surface area contributed by atoms with Crippen molar-refractivity contribution in [3.05, 3.63) is 16.3 Å². The van der Waals surface area contributed by atoms with Gasteiger partial charge in [0.05, 0.1) is 18.6 Å². The fraction of sp³-hybridized carbons (Fsp3) is 0.684. The van der Waals surface area contributed by atoms with Crippen LogP contribution in [0.3, 0.4) is 0 Å². The predicted octanol–water partition coefficient (Wildman–Crippen LogP) is 4.00. The number of thiophene rings is 1. The van der Waals surface area contributed by atoms with Gasteiger partial charge in [0.25, 0.3) is 0 Å². The Bertz CT molecular complexity index is 721. The lowest BCUT2D eigenvalue weighted by molar-refractivity contribution is 0.122. The fourth-order valence-electron chi connectivity index (χ4n) is 3.82. The van der Waals surface area contributed by atoms with Crippen LogP contribution in [0.1, 0.15) is 49.4 Å². The number of aromatic nitrogens is 2. The lowest BCUT2D eigenvalue weighted by Gasteiger charge is -2.29. The lowest BCUT2D eigenvalue weighted by atomic mass is 9.89. The first-order valence-corrected chi connectivity index (χ1v) is 10.2. The molecule has 1 unspecified atom stereocenters. The van der Waals surface area contributed by atoms with Crippen LogP contribution in [0.25, 0.3) is 10.2 Å². The number of aryl methyl sites for hydroxylation is 2. The minimum atomic E-state index is 0.796. The summed E-state index contributed by atoms with van der Waals surface area (Å²) in [5.41, 5.74) is 1.54. The Morgan fingerprint density at radius 3 is 2.88 bits per heavy atom. The number of fused-ring (bicyclic) bond motifs is 3. The Kier molecular flexibility index (Phi) is 4.72. The van der Waals surface area contributed by atoms with Crippen LogP contribution in [0, 0.1) is 5.92 Å². The van der Waals surface area contributed by atoms with E-state index in [4.69, 9.17) is 14.7 Å². The monoisotopic (exact) mass is 345 g/mol. The van der Waals surface area contributed by atoms with Crippen LogP contribution in [0.15, 0.2) is 0 Å². The zero-order valence-corrected chi connectivity index (χ0v) is 15.6. The van der Waals surface area contributed by atoms with Gasteiger partial charge >= 0.3 is 0 Å². The fourth-order valence-corrected chi connectivity index (χ4v) is 5.21. The van der Waals surface area contributed by atoms with Crippen LogP contribution in [-0.4, -0.2) is 36.3 Å². The number of anilines is 1. The molecule has 0 saturated carbocycles. The highest BCUT2D eigenvalue weighted by Crippen LogP contribution is 2.41. The van der Waals surface area contributed by atoms with Crippen molar-refractivity contribution in [1.29, 1.82) is 0 Å². The summed E-state index contributed by atoms with van der Waals surface area (Å²) in [4.78, 5) is 15.2. The van der Waals surface area contributed by atoms with E-state index in [-0.39, 0.29) is 0 Å². The van der Waals surface area contributed by atoms with E-state index in [0.717, 1.165) is 50.9 Å². The first-order chi connectivity index (χ1) is 11.8. The third-order valence-corrected chi connectivity index (χ3v) is 6.40. The molecule has 1 aliphatic heterocycles. The minimum absolute atomic E-state index is 0.796. The smallest absolute Gasteiger partial charge is 0.141 e. The highest BCUT2D eigenvalue weighted by atomic mass is 32.1. The number of unbranched alkanes of at least 4 members (excludes halogenated alkanes) is 1. The normalized spacial score (nSPS) is 21.2. The summed E-state index contributed by atoms with van der Waals surface area (Å²) in [6.45, 7) is 8.10. The molecular formula is C19H27N3OS. The Labute approximate surface area is 148 Å². The van der Waals surface area contributed by atoms with E-state index in [9.17, 15) is 0 Å². The summed E-state index contributed by atoms with van der Waals surface area (Å²) in [5.74, 6) is 3.00. The second-order valence-corrected chi connectivity index (χ2v) is 8.28. The maximum absolute atomic E-state index is 5.55. The first-order valence-electron chi connectivity index (χ1n) is 9.40. The maximum Gasteiger partial charge on any atom is 0.141 e. The molecule has 1 atom stereocenters. The zero-order chi connectivity index (χ0) is 16.5. The van der Waals surface area contributed by atoms with Gasteiger partial charge in [0, 0.05) is 24.4 Å². The van der Waals surface area contributed by atoms with E-state index < -0.39 is 0 Å². The molecule has 4 nitrogen and oxygen atoms in total. The largest absolute Gasteiger partial charge is 0.378 e. The second kappa shape index (κ2) is 6.96. The standard InChI is InChI=1S/C19H27N3OS/c1-3-4-5-16-20-18(22-8-10-23-11-9-22)17-14-7-6-13(2)12-15(14)24-19(17)21-16/h13H,3-12H2,1-2H3. The Morgan fingerprint density at radius 2 is 2.08 bits per heavy atom. The Morgan fingerprint density at radius 1 is 1.25 bits per heavy atom. The highest BCUT2D eigenvalue weighted by Gasteiger charge is 2.26. The summed E-state index contributed by atoms with van der Waals surface area (Å²) in [6, 6.07) is 0. The van der Waals surface area contributed by atoms with Gasteiger partial charge in [-0.05, 0) is 37.2 Å². The lowest BCUT2D eigenvalue weighted by Crippen LogP contribution is -2.37. The molecule has 2 aromatic heterocycles. The maximum atomic E-state index is 5.55. The predicted molar refractivity (Wildman–Crippen MR) is 100 cm³/mol. The van der Waals surface area contributed by atoms with Gasteiger partial charge in [-0.15, -0.1) is 11.3 Å². The van der Waals surface area contributed by atoms with Crippen molar-refractivity contribution in [2.45, 2.75) is 52.4 Å². The molecule has 0 N–H and O–H groups in total. The Balaban J connectivity index is 1.82. The SMILES string of the molecule is CCCCc1nc(N2CCOCC2)c2c3c(sc2n1)CC(C)CC3. The van der Waals surface area contributed by atoms with E-state index in [1.165, 1.54) is 47.3 Å². The topological polar surface area (TPSA) is 38.2 Å². The minimum Gasteiger partial charge on any atom is -0.378 e. The molecule has 3 heterocycles. The average molecular weight is 346 g/mol. The van der Waals surface area contributed by atoms with Gasteiger partial charge in [-0.3, -0.25) is 0 Å². The summed E-state index contributed by atoms with van der Waals surface area (Å²) in [6.07, 6.45) is 7.03. The van der Waals surface area contributed by atoms with Crippen LogP contribution >= 0.6 is 11.3 Å². The number of ether oxygens (including phenoxy) is 1. The second-order valence-electron chi connectivity index (χ2n) is 7.20. The van der Waals surface area contributed by atoms with Gasteiger partial charge in [-0.2, -0.15) is 0 Å². The summed E-state index contributed by atoms with van der Waals surface area (Å²) >= 11 is 1.92. The van der Waals surface area contributed by atoms with Crippen LogP contribution in [-0.2, 0) is 24.0 Å². The van der Waals surface area contributed by atoms with Crippen molar-refractivity contribution in [3.8, 4) is 0 Å². The Hall–Kier alpha value is -1.20. The number of hydrogen-bond acceptors (Lipinski definition) is 5. The van der Waals surface area contributed by atoms with Crippen molar-refractivity contribution < 1.29 is 4.74 Å². The van der Waals surface area contributed by atoms with Crippen molar-refractivity contribution >= 4 is 27.4 Å². The van der Waals surface area contributed by atoms with Gasteiger partial charge in [0.2, 0.25) is 0 Å². The molecule has 0 amide bonds. The molecular weight excluding hydrogens is 318 g/mol. The van der Waals surface area contributed by atoms with Crippen molar-refractivity contribution in [2.75, 3.05) is 31.2 Å². The quantitative estimate of drug-likeness (QED) is 0.840.